The van der Waals surface area contributed by atoms with Crippen LogP contribution in [0.15, 0.2) is 18.3 Å². The zero-order valence-electron chi connectivity index (χ0n) is 18.4. The number of amides is 4. The second kappa shape index (κ2) is 10.1. The van der Waals surface area contributed by atoms with Crippen molar-refractivity contribution in [3.8, 4) is 0 Å². The highest BCUT2D eigenvalue weighted by Gasteiger charge is 2.30. The number of rotatable bonds is 7. The Hall–Kier alpha value is -2.84. The van der Waals surface area contributed by atoms with Gasteiger partial charge in [0.15, 0.2) is 0 Å². The Balaban J connectivity index is 2.79. The van der Waals surface area contributed by atoms with Crippen molar-refractivity contribution >= 4 is 23.7 Å². The number of carbonyl (C=O) groups excluding carboxylic acids is 3. The fourth-order valence-electron chi connectivity index (χ4n) is 2.53. The van der Waals surface area contributed by atoms with Crippen LogP contribution in [-0.4, -0.2) is 59.7 Å². The number of hydrogen-bond donors (Lipinski definition) is 3. The first-order chi connectivity index (χ1) is 13.4. The Bertz CT molecular complexity index is 724. The summed E-state index contributed by atoms with van der Waals surface area (Å²) >= 11 is 0. The molecule has 9 nitrogen and oxygen atoms in total. The second-order valence-corrected chi connectivity index (χ2v) is 8.05. The quantitative estimate of drug-likeness (QED) is 0.643. The highest BCUT2D eigenvalue weighted by atomic mass is 16.6. The van der Waals surface area contributed by atoms with Gasteiger partial charge in [-0.3, -0.25) is 9.78 Å². The van der Waals surface area contributed by atoms with Crippen LogP contribution in [0.1, 0.15) is 57.9 Å². The fourth-order valence-corrected chi connectivity index (χ4v) is 2.53. The summed E-state index contributed by atoms with van der Waals surface area (Å²) in [5.41, 5.74) is -0.560. The molecule has 1 rings (SSSR count). The second-order valence-electron chi connectivity index (χ2n) is 8.05. The van der Waals surface area contributed by atoms with E-state index < -0.39 is 23.3 Å². The van der Waals surface area contributed by atoms with Gasteiger partial charge in [0.2, 0.25) is 0 Å². The molecule has 3 N–H and O–H groups in total. The van der Waals surface area contributed by atoms with Crippen LogP contribution in [0.5, 0.6) is 0 Å². The van der Waals surface area contributed by atoms with E-state index >= 15 is 0 Å². The maximum Gasteiger partial charge on any atom is 0.407 e. The molecule has 9 heteroatoms. The summed E-state index contributed by atoms with van der Waals surface area (Å²) in [6.07, 6.45) is 2.14. The normalized spacial score (nSPS) is 11.4. The molecule has 29 heavy (non-hydrogen) atoms. The van der Waals surface area contributed by atoms with Crippen molar-refractivity contribution in [1.82, 2.24) is 20.5 Å². The van der Waals surface area contributed by atoms with Gasteiger partial charge in [-0.25, -0.2) is 9.59 Å². The van der Waals surface area contributed by atoms with Crippen molar-refractivity contribution in [2.45, 2.75) is 58.6 Å². The molecule has 0 spiro atoms. The van der Waals surface area contributed by atoms with Crippen LogP contribution >= 0.6 is 0 Å². The lowest BCUT2D eigenvalue weighted by molar-refractivity contribution is 0.0508. The van der Waals surface area contributed by atoms with Gasteiger partial charge in [-0.2, -0.15) is 0 Å². The number of nitrogens with zero attached hydrogens (tertiary/aromatic N) is 2. The van der Waals surface area contributed by atoms with Gasteiger partial charge in [-0.1, -0.05) is 13.8 Å². The fraction of sp³-hybridized carbons (Fsp3) is 0.600. The Morgan fingerprint density at radius 2 is 1.76 bits per heavy atom. The summed E-state index contributed by atoms with van der Waals surface area (Å²) in [4.78, 5) is 42.0. The van der Waals surface area contributed by atoms with Gasteiger partial charge in [-0.15, -0.1) is 0 Å². The first kappa shape index (κ1) is 24.2. The molecular weight excluding hydrogens is 374 g/mol. The highest BCUT2D eigenvalue weighted by molar-refractivity contribution is 5.95. The van der Waals surface area contributed by atoms with Gasteiger partial charge >= 0.3 is 12.1 Å². The summed E-state index contributed by atoms with van der Waals surface area (Å²) < 4.78 is 5.26. The Labute approximate surface area is 172 Å². The Morgan fingerprint density at radius 3 is 2.28 bits per heavy atom. The molecule has 162 valence electrons. The number of hydrogen-bond acceptors (Lipinski definition) is 5. The minimum absolute atomic E-state index is 0.225. The van der Waals surface area contributed by atoms with E-state index in [1.165, 1.54) is 17.2 Å². The van der Waals surface area contributed by atoms with Crippen LogP contribution in [0.3, 0.4) is 0 Å². The third kappa shape index (κ3) is 7.97. The van der Waals surface area contributed by atoms with Crippen LogP contribution < -0.4 is 16.0 Å². The van der Waals surface area contributed by atoms with E-state index in [0.29, 0.717) is 18.5 Å². The maximum atomic E-state index is 12.6. The molecule has 0 saturated heterocycles. The molecular formula is C20H33N5O4. The van der Waals surface area contributed by atoms with Gasteiger partial charge < -0.3 is 25.6 Å². The molecule has 0 unspecified atom stereocenters. The predicted octanol–water partition coefficient (Wildman–Crippen LogP) is 2.99. The molecule has 0 fully saturated rings. The lowest BCUT2D eigenvalue weighted by atomic mass is 9.93. The Morgan fingerprint density at radius 1 is 1.14 bits per heavy atom. The zero-order chi connectivity index (χ0) is 22.2. The molecule has 0 aliphatic rings. The van der Waals surface area contributed by atoms with Crippen molar-refractivity contribution in [2.75, 3.05) is 26.0 Å². The molecule has 0 aliphatic heterocycles. The molecule has 1 heterocycles. The molecule has 4 amide bonds. The topological polar surface area (TPSA) is 113 Å². The van der Waals surface area contributed by atoms with E-state index in [1.54, 1.807) is 40.9 Å². The smallest absolute Gasteiger partial charge is 0.407 e. The zero-order valence-corrected chi connectivity index (χ0v) is 18.4. The van der Waals surface area contributed by atoms with Gasteiger partial charge in [0.1, 0.15) is 11.3 Å². The van der Waals surface area contributed by atoms with Crippen LogP contribution in [0.4, 0.5) is 15.3 Å². The predicted molar refractivity (Wildman–Crippen MR) is 112 cm³/mol. The number of carbonyl (C=O) groups is 3. The summed E-state index contributed by atoms with van der Waals surface area (Å²) in [6, 6.07) is 2.68. The van der Waals surface area contributed by atoms with E-state index in [1.807, 2.05) is 13.8 Å². The van der Waals surface area contributed by atoms with Crippen LogP contribution in [0, 0.1) is 0 Å². The van der Waals surface area contributed by atoms with Crippen molar-refractivity contribution in [1.29, 1.82) is 0 Å². The van der Waals surface area contributed by atoms with Crippen molar-refractivity contribution in [2.24, 2.45) is 0 Å². The van der Waals surface area contributed by atoms with Gasteiger partial charge in [0.05, 0.1) is 5.54 Å². The summed E-state index contributed by atoms with van der Waals surface area (Å²) in [5.74, 6) is -0.257. The maximum absolute atomic E-state index is 12.6. The number of anilines is 1. The molecule has 0 aromatic carbocycles. The van der Waals surface area contributed by atoms with E-state index in [2.05, 4.69) is 20.9 Å². The molecule has 1 aromatic heterocycles. The highest BCUT2D eigenvalue weighted by Crippen LogP contribution is 2.16. The number of nitrogens with one attached hydrogen (secondary N) is 3. The number of aromatic nitrogens is 1. The number of urea groups is 1. The van der Waals surface area contributed by atoms with Gasteiger partial charge in [0.25, 0.3) is 5.91 Å². The van der Waals surface area contributed by atoms with Gasteiger partial charge in [-0.05, 0) is 45.7 Å². The summed E-state index contributed by atoms with van der Waals surface area (Å²) in [6.45, 7) is 9.45. The minimum atomic E-state index is -0.643. The number of alkyl carbamates (subject to hydrolysis) is 1. The van der Waals surface area contributed by atoms with E-state index in [4.69, 9.17) is 4.74 Å². The third-order valence-corrected chi connectivity index (χ3v) is 4.35. The molecule has 0 bridgehead atoms. The molecule has 0 radical (unpaired) electrons. The third-order valence-electron chi connectivity index (χ3n) is 4.35. The van der Waals surface area contributed by atoms with Gasteiger partial charge in [0, 0.05) is 32.5 Å². The van der Waals surface area contributed by atoms with E-state index in [9.17, 15) is 14.4 Å². The molecule has 0 aliphatic carbocycles. The number of pyridine rings is 1. The summed E-state index contributed by atoms with van der Waals surface area (Å²) in [5, 5.41) is 8.38. The lowest BCUT2D eigenvalue weighted by Crippen LogP contribution is -2.56. The molecule has 0 saturated carbocycles. The van der Waals surface area contributed by atoms with Crippen LogP contribution in [0.2, 0.25) is 0 Å². The molecule has 1 aromatic rings. The lowest BCUT2D eigenvalue weighted by Gasteiger charge is -2.33. The standard InChI is InChI=1S/C20H33N5O4/c1-8-20(9-2,13-22-18(28)29-19(3,4)5)24-17(27)23-14-10-11-21-15(12-14)16(26)25(6)7/h10-12H,8-9,13H2,1-7H3,(H,22,28)(H2,21,23,24,27). The van der Waals surface area contributed by atoms with Crippen molar-refractivity contribution in [3.63, 3.8) is 0 Å². The first-order valence-electron chi connectivity index (χ1n) is 9.65. The Kier molecular flexibility index (Phi) is 8.42. The monoisotopic (exact) mass is 407 g/mol. The van der Waals surface area contributed by atoms with E-state index in [0.717, 1.165) is 0 Å². The van der Waals surface area contributed by atoms with Crippen molar-refractivity contribution < 1.29 is 19.1 Å². The summed E-state index contributed by atoms with van der Waals surface area (Å²) in [7, 11) is 3.26. The minimum Gasteiger partial charge on any atom is -0.444 e. The van der Waals surface area contributed by atoms with Crippen LogP contribution in [-0.2, 0) is 4.74 Å². The molecule has 0 atom stereocenters. The SMILES string of the molecule is CCC(CC)(CNC(=O)OC(C)(C)C)NC(=O)Nc1ccnc(C(=O)N(C)C)c1. The largest absolute Gasteiger partial charge is 0.444 e. The number of ether oxygens (including phenoxy) is 1. The van der Waals surface area contributed by atoms with E-state index in [-0.39, 0.29) is 18.1 Å². The van der Waals surface area contributed by atoms with Crippen molar-refractivity contribution in [3.05, 3.63) is 24.0 Å². The average Bonchev–Trinajstić information content (AvgIpc) is 2.63. The average molecular weight is 408 g/mol. The first-order valence-corrected chi connectivity index (χ1v) is 9.65. The van der Waals surface area contributed by atoms with Crippen LogP contribution in [0.25, 0.3) is 0 Å².